The first-order chi connectivity index (χ1) is 7.62. The van der Waals surface area contributed by atoms with Gasteiger partial charge in [0, 0.05) is 30.9 Å². The summed E-state index contributed by atoms with van der Waals surface area (Å²) < 4.78 is 5.44. The Kier molecular flexibility index (Phi) is 4.16. The molecule has 0 spiro atoms. The number of aliphatic hydroxyl groups is 1. The highest BCUT2D eigenvalue weighted by atomic mass is 32.2. The molecule has 0 saturated carbocycles. The van der Waals surface area contributed by atoms with Crippen LogP contribution in [0.4, 0.5) is 0 Å². The molecular weight excluding hydrogens is 222 g/mol. The van der Waals surface area contributed by atoms with E-state index in [1.807, 2.05) is 18.7 Å². The van der Waals surface area contributed by atoms with Crippen LogP contribution in [-0.2, 0) is 4.74 Å². The second kappa shape index (κ2) is 5.25. The van der Waals surface area contributed by atoms with E-state index in [-0.39, 0.29) is 6.10 Å². The molecule has 0 radical (unpaired) electrons. The standard InChI is InChI=1S/C12H23NO2S/c1-9-11(4-3-7-16-9)13-8-12(14)5-6-15-10(12)2/h9-11,13-14H,3-8H2,1-2H3. The third-order valence-corrected chi connectivity index (χ3v) is 5.32. The summed E-state index contributed by atoms with van der Waals surface area (Å²) in [4.78, 5) is 0. The van der Waals surface area contributed by atoms with Crippen LogP contribution >= 0.6 is 11.8 Å². The summed E-state index contributed by atoms with van der Waals surface area (Å²) in [6.07, 6.45) is 3.25. The first-order valence-electron chi connectivity index (χ1n) is 6.31. The lowest BCUT2D eigenvalue weighted by Crippen LogP contribution is -2.51. The minimum Gasteiger partial charge on any atom is -0.386 e. The van der Waals surface area contributed by atoms with Crippen LogP contribution in [0.25, 0.3) is 0 Å². The van der Waals surface area contributed by atoms with Crippen molar-refractivity contribution in [1.29, 1.82) is 0 Å². The van der Waals surface area contributed by atoms with Crippen molar-refractivity contribution < 1.29 is 9.84 Å². The van der Waals surface area contributed by atoms with Gasteiger partial charge in [-0.3, -0.25) is 0 Å². The monoisotopic (exact) mass is 245 g/mol. The molecule has 2 heterocycles. The molecule has 0 aromatic heterocycles. The SMILES string of the molecule is CC1SCCCC1NCC1(O)CCOC1C. The Morgan fingerprint density at radius 2 is 2.31 bits per heavy atom. The quantitative estimate of drug-likeness (QED) is 0.788. The smallest absolute Gasteiger partial charge is 0.105 e. The predicted molar refractivity (Wildman–Crippen MR) is 67.9 cm³/mol. The topological polar surface area (TPSA) is 41.5 Å². The normalized spacial score (nSPS) is 44.8. The minimum absolute atomic E-state index is 0.0356. The van der Waals surface area contributed by atoms with Gasteiger partial charge in [0.2, 0.25) is 0 Å². The van der Waals surface area contributed by atoms with E-state index in [0.717, 1.165) is 6.42 Å². The lowest BCUT2D eigenvalue weighted by molar-refractivity contribution is -0.0278. The zero-order valence-electron chi connectivity index (χ0n) is 10.2. The number of rotatable bonds is 3. The fourth-order valence-electron chi connectivity index (χ4n) is 2.50. The Labute approximate surface area is 102 Å². The summed E-state index contributed by atoms with van der Waals surface area (Å²) in [5, 5.41) is 14.6. The zero-order valence-corrected chi connectivity index (χ0v) is 11.1. The molecule has 16 heavy (non-hydrogen) atoms. The molecule has 4 unspecified atom stereocenters. The van der Waals surface area contributed by atoms with Crippen LogP contribution in [0.15, 0.2) is 0 Å². The Morgan fingerprint density at radius 1 is 1.50 bits per heavy atom. The summed E-state index contributed by atoms with van der Waals surface area (Å²) in [6, 6.07) is 0.551. The number of hydrogen-bond donors (Lipinski definition) is 2. The van der Waals surface area contributed by atoms with Crippen molar-refractivity contribution in [3.8, 4) is 0 Å². The third kappa shape index (κ3) is 2.73. The van der Waals surface area contributed by atoms with Crippen molar-refractivity contribution in [2.75, 3.05) is 18.9 Å². The van der Waals surface area contributed by atoms with Gasteiger partial charge in [-0.1, -0.05) is 6.92 Å². The summed E-state index contributed by atoms with van der Waals surface area (Å²) in [5.41, 5.74) is -0.651. The highest BCUT2D eigenvalue weighted by molar-refractivity contribution is 7.99. The molecule has 0 aromatic rings. The summed E-state index contributed by atoms with van der Waals surface area (Å²) in [7, 11) is 0. The van der Waals surface area contributed by atoms with Crippen LogP contribution in [0.1, 0.15) is 33.1 Å². The van der Waals surface area contributed by atoms with E-state index in [2.05, 4.69) is 12.2 Å². The Balaban J connectivity index is 1.81. The Bertz CT molecular complexity index is 239. The van der Waals surface area contributed by atoms with E-state index < -0.39 is 5.60 Å². The van der Waals surface area contributed by atoms with Crippen molar-refractivity contribution >= 4 is 11.8 Å². The Hall–Kier alpha value is 0.230. The lowest BCUT2D eigenvalue weighted by Gasteiger charge is -2.33. The second-order valence-corrected chi connectivity index (χ2v) is 6.56. The van der Waals surface area contributed by atoms with Crippen molar-refractivity contribution in [3.05, 3.63) is 0 Å². The molecule has 2 rings (SSSR count). The van der Waals surface area contributed by atoms with Gasteiger partial charge in [-0.2, -0.15) is 11.8 Å². The summed E-state index contributed by atoms with van der Waals surface area (Å²) >= 11 is 2.03. The van der Waals surface area contributed by atoms with Crippen LogP contribution in [0.5, 0.6) is 0 Å². The van der Waals surface area contributed by atoms with E-state index in [1.165, 1.54) is 18.6 Å². The van der Waals surface area contributed by atoms with Crippen molar-refractivity contribution in [2.45, 2.75) is 56.1 Å². The average Bonchev–Trinajstić information content (AvgIpc) is 2.59. The predicted octanol–water partition coefficient (Wildman–Crippen LogP) is 1.40. The molecule has 94 valence electrons. The van der Waals surface area contributed by atoms with E-state index in [9.17, 15) is 5.11 Å². The van der Waals surface area contributed by atoms with Gasteiger partial charge < -0.3 is 15.2 Å². The molecule has 0 aliphatic carbocycles. The highest BCUT2D eigenvalue weighted by Crippen LogP contribution is 2.28. The van der Waals surface area contributed by atoms with Crippen LogP contribution in [-0.4, -0.2) is 47.0 Å². The molecule has 0 amide bonds. The highest BCUT2D eigenvalue weighted by Gasteiger charge is 2.40. The number of hydrogen-bond acceptors (Lipinski definition) is 4. The number of thioether (sulfide) groups is 1. The van der Waals surface area contributed by atoms with Gasteiger partial charge in [-0.05, 0) is 25.5 Å². The van der Waals surface area contributed by atoms with Gasteiger partial charge in [0.25, 0.3) is 0 Å². The van der Waals surface area contributed by atoms with Gasteiger partial charge in [0.1, 0.15) is 5.60 Å². The lowest BCUT2D eigenvalue weighted by atomic mass is 9.95. The van der Waals surface area contributed by atoms with Gasteiger partial charge in [-0.15, -0.1) is 0 Å². The van der Waals surface area contributed by atoms with Crippen LogP contribution in [0.2, 0.25) is 0 Å². The van der Waals surface area contributed by atoms with Crippen molar-refractivity contribution in [2.24, 2.45) is 0 Å². The van der Waals surface area contributed by atoms with E-state index in [4.69, 9.17) is 4.74 Å². The van der Waals surface area contributed by atoms with Crippen LogP contribution < -0.4 is 5.32 Å². The first kappa shape index (κ1) is 12.7. The maximum atomic E-state index is 10.4. The first-order valence-corrected chi connectivity index (χ1v) is 7.36. The zero-order chi connectivity index (χ0) is 11.6. The van der Waals surface area contributed by atoms with Gasteiger partial charge in [-0.25, -0.2) is 0 Å². The van der Waals surface area contributed by atoms with Crippen molar-refractivity contribution in [3.63, 3.8) is 0 Å². The average molecular weight is 245 g/mol. The van der Waals surface area contributed by atoms with Crippen LogP contribution in [0, 0.1) is 0 Å². The molecule has 3 nitrogen and oxygen atoms in total. The maximum Gasteiger partial charge on any atom is 0.105 e. The molecule has 0 aromatic carbocycles. The Morgan fingerprint density at radius 3 is 2.94 bits per heavy atom. The summed E-state index contributed by atoms with van der Waals surface area (Å²) in [5.74, 6) is 1.28. The van der Waals surface area contributed by atoms with Crippen molar-refractivity contribution in [1.82, 2.24) is 5.32 Å². The minimum atomic E-state index is -0.651. The molecule has 2 aliphatic rings. The van der Waals surface area contributed by atoms with E-state index >= 15 is 0 Å². The molecule has 2 fully saturated rings. The molecule has 4 heteroatoms. The summed E-state index contributed by atoms with van der Waals surface area (Å²) in [6.45, 7) is 5.60. The van der Waals surface area contributed by atoms with Crippen LogP contribution in [0.3, 0.4) is 0 Å². The molecule has 2 aliphatic heterocycles. The maximum absolute atomic E-state index is 10.4. The largest absolute Gasteiger partial charge is 0.386 e. The number of nitrogens with one attached hydrogen (secondary N) is 1. The molecule has 4 atom stereocenters. The van der Waals surface area contributed by atoms with Gasteiger partial charge >= 0.3 is 0 Å². The molecular formula is C12H23NO2S. The second-order valence-electron chi connectivity index (χ2n) is 5.07. The third-order valence-electron chi connectivity index (χ3n) is 3.94. The number of ether oxygens (including phenoxy) is 1. The molecule has 2 saturated heterocycles. The van der Waals surface area contributed by atoms with E-state index in [0.29, 0.717) is 24.4 Å². The fraction of sp³-hybridized carbons (Fsp3) is 1.00. The van der Waals surface area contributed by atoms with Gasteiger partial charge in [0.05, 0.1) is 6.10 Å². The van der Waals surface area contributed by atoms with Gasteiger partial charge in [0.15, 0.2) is 0 Å². The molecule has 0 bridgehead atoms. The molecule has 2 N–H and O–H groups in total. The fourth-order valence-corrected chi connectivity index (χ4v) is 3.67. The van der Waals surface area contributed by atoms with E-state index in [1.54, 1.807) is 0 Å².